The summed E-state index contributed by atoms with van der Waals surface area (Å²) in [6, 6.07) is 14.0. The van der Waals surface area contributed by atoms with Gasteiger partial charge < -0.3 is 10.2 Å². The summed E-state index contributed by atoms with van der Waals surface area (Å²) in [6.45, 7) is 1.69. The van der Waals surface area contributed by atoms with Crippen LogP contribution in [-0.2, 0) is 11.3 Å². The largest absolute Gasteiger partial charge is 0.353 e. The van der Waals surface area contributed by atoms with Crippen molar-refractivity contribution in [2.45, 2.75) is 64.0 Å². The highest BCUT2D eigenvalue weighted by atomic mass is 16.2. The fraction of sp³-hybridized carbons (Fsp3) is 0.481. The summed E-state index contributed by atoms with van der Waals surface area (Å²) in [5, 5.41) is 3.31. The molecule has 0 spiro atoms. The van der Waals surface area contributed by atoms with Gasteiger partial charge >= 0.3 is 0 Å². The van der Waals surface area contributed by atoms with Crippen molar-refractivity contribution in [3.05, 3.63) is 64.6 Å². The van der Waals surface area contributed by atoms with E-state index in [0.717, 1.165) is 37.8 Å². The Kier molecular flexibility index (Phi) is 6.88. The minimum atomic E-state index is -0.153. The van der Waals surface area contributed by atoms with E-state index in [2.05, 4.69) is 10.3 Å². The number of fused-ring (bicyclic) bond motifs is 1. The highest BCUT2D eigenvalue weighted by Gasteiger charge is 2.30. The second kappa shape index (κ2) is 10.4. The van der Waals surface area contributed by atoms with Crippen LogP contribution in [0.15, 0.2) is 53.5 Å². The summed E-state index contributed by atoms with van der Waals surface area (Å²) in [5.41, 5.74) is 2.16. The van der Waals surface area contributed by atoms with Gasteiger partial charge in [-0.15, -0.1) is 0 Å². The fourth-order valence-electron chi connectivity index (χ4n) is 5.31. The van der Waals surface area contributed by atoms with Crippen LogP contribution in [0, 0.1) is 5.92 Å². The van der Waals surface area contributed by atoms with E-state index in [-0.39, 0.29) is 17.4 Å². The smallest absolute Gasteiger partial charge is 0.295 e. The van der Waals surface area contributed by atoms with Gasteiger partial charge in [-0.05, 0) is 43.4 Å². The van der Waals surface area contributed by atoms with Gasteiger partial charge in [0.25, 0.3) is 5.56 Å². The van der Waals surface area contributed by atoms with Gasteiger partial charge in [-0.3, -0.25) is 14.2 Å². The SMILES string of the molecule is O=C(NC1CCCCCC1)[C@H]1CCCN(c2nc3cccnc3n(Cc3ccccc3)c2=O)C1. The van der Waals surface area contributed by atoms with Crippen molar-refractivity contribution in [3.8, 4) is 0 Å². The summed E-state index contributed by atoms with van der Waals surface area (Å²) in [4.78, 5) is 37.9. The van der Waals surface area contributed by atoms with Crippen LogP contribution in [0.5, 0.6) is 0 Å². The zero-order valence-corrected chi connectivity index (χ0v) is 19.7. The molecule has 3 aromatic rings. The number of rotatable bonds is 5. The molecule has 1 aromatic carbocycles. The van der Waals surface area contributed by atoms with Gasteiger partial charge in [0.1, 0.15) is 5.52 Å². The highest BCUT2D eigenvalue weighted by molar-refractivity contribution is 5.80. The molecular formula is C27H33N5O2. The van der Waals surface area contributed by atoms with Gasteiger partial charge in [-0.2, -0.15) is 0 Å². The minimum absolute atomic E-state index is 0.120. The van der Waals surface area contributed by atoms with Gasteiger partial charge in [-0.25, -0.2) is 9.97 Å². The number of anilines is 1. The van der Waals surface area contributed by atoms with E-state index >= 15 is 0 Å². The average molecular weight is 460 g/mol. The molecule has 3 heterocycles. The van der Waals surface area contributed by atoms with E-state index in [1.807, 2.05) is 47.4 Å². The van der Waals surface area contributed by atoms with E-state index in [0.29, 0.717) is 36.1 Å². The van der Waals surface area contributed by atoms with Crippen molar-refractivity contribution >= 4 is 22.9 Å². The van der Waals surface area contributed by atoms with Crippen molar-refractivity contribution < 1.29 is 4.79 Å². The second-order valence-electron chi connectivity index (χ2n) is 9.64. The zero-order chi connectivity index (χ0) is 23.3. The van der Waals surface area contributed by atoms with Crippen LogP contribution in [0.2, 0.25) is 0 Å². The lowest BCUT2D eigenvalue weighted by molar-refractivity contribution is -0.126. The van der Waals surface area contributed by atoms with E-state index in [9.17, 15) is 9.59 Å². The van der Waals surface area contributed by atoms with Crippen molar-refractivity contribution in [3.63, 3.8) is 0 Å². The van der Waals surface area contributed by atoms with E-state index in [1.54, 1.807) is 10.8 Å². The number of nitrogens with zero attached hydrogens (tertiary/aromatic N) is 4. The van der Waals surface area contributed by atoms with Crippen molar-refractivity contribution in [2.75, 3.05) is 18.0 Å². The number of carbonyl (C=O) groups is 1. The Labute approximate surface area is 200 Å². The third kappa shape index (κ3) is 4.98. The molecule has 2 aromatic heterocycles. The molecule has 7 heteroatoms. The first-order chi connectivity index (χ1) is 16.7. The minimum Gasteiger partial charge on any atom is -0.353 e. The van der Waals surface area contributed by atoms with Gasteiger partial charge in [0.15, 0.2) is 11.5 Å². The highest BCUT2D eigenvalue weighted by Crippen LogP contribution is 2.23. The summed E-state index contributed by atoms with van der Waals surface area (Å²) >= 11 is 0. The number of amides is 1. The van der Waals surface area contributed by atoms with Gasteiger partial charge in [-0.1, -0.05) is 56.0 Å². The summed E-state index contributed by atoms with van der Waals surface area (Å²) in [7, 11) is 0. The molecule has 0 radical (unpaired) electrons. The molecule has 1 saturated carbocycles. The molecule has 1 amide bonds. The zero-order valence-electron chi connectivity index (χ0n) is 19.7. The Bertz CT molecular complexity index is 1180. The van der Waals surface area contributed by atoms with Crippen molar-refractivity contribution in [2.24, 2.45) is 5.92 Å². The van der Waals surface area contributed by atoms with E-state index in [1.165, 1.54) is 25.7 Å². The lowest BCUT2D eigenvalue weighted by Gasteiger charge is -2.33. The molecule has 5 rings (SSSR count). The summed E-state index contributed by atoms with van der Waals surface area (Å²) < 4.78 is 1.71. The van der Waals surface area contributed by atoms with Gasteiger partial charge in [0.2, 0.25) is 5.91 Å². The lowest BCUT2D eigenvalue weighted by Crippen LogP contribution is -2.47. The first-order valence-corrected chi connectivity index (χ1v) is 12.6. The molecule has 1 aliphatic heterocycles. The van der Waals surface area contributed by atoms with E-state index < -0.39 is 0 Å². The molecule has 0 unspecified atom stereocenters. The number of hydrogen-bond donors (Lipinski definition) is 1. The van der Waals surface area contributed by atoms with Gasteiger partial charge in [0.05, 0.1) is 12.5 Å². The molecular weight excluding hydrogens is 426 g/mol. The maximum absolute atomic E-state index is 13.6. The predicted molar refractivity (Wildman–Crippen MR) is 134 cm³/mol. The van der Waals surface area contributed by atoms with Crippen LogP contribution >= 0.6 is 0 Å². The van der Waals surface area contributed by atoms with E-state index in [4.69, 9.17) is 4.98 Å². The topological polar surface area (TPSA) is 80.1 Å². The molecule has 0 bridgehead atoms. The molecule has 34 heavy (non-hydrogen) atoms. The Morgan fingerprint density at radius 3 is 2.56 bits per heavy atom. The second-order valence-corrected chi connectivity index (χ2v) is 9.64. The monoisotopic (exact) mass is 459 g/mol. The Morgan fingerprint density at radius 1 is 0.971 bits per heavy atom. The van der Waals surface area contributed by atoms with Crippen LogP contribution in [0.1, 0.15) is 56.9 Å². The molecule has 2 fully saturated rings. The molecule has 1 aliphatic carbocycles. The number of piperidine rings is 1. The first-order valence-electron chi connectivity index (χ1n) is 12.6. The standard InChI is InChI=1S/C27H33N5O2/c33-26(29-22-13-6-1-2-7-14-22)21-12-9-17-31(19-21)25-27(34)32(18-20-10-4-3-5-11-20)24-23(30-25)15-8-16-28-24/h3-5,8,10-11,15-16,21-22H,1-2,6-7,9,12-14,17-19H2,(H,29,33)/t21-/m0/s1. The fourth-order valence-corrected chi connectivity index (χ4v) is 5.31. The van der Waals surface area contributed by atoms with Crippen molar-refractivity contribution in [1.29, 1.82) is 0 Å². The van der Waals surface area contributed by atoms with Crippen LogP contribution in [0.25, 0.3) is 11.2 Å². The molecule has 1 atom stereocenters. The van der Waals surface area contributed by atoms with Crippen LogP contribution in [-0.4, -0.2) is 39.6 Å². The predicted octanol–water partition coefficient (Wildman–Crippen LogP) is 3.90. The quantitative estimate of drug-likeness (QED) is 0.586. The summed E-state index contributed by atoms with van der Waals surface area (Å²) in [5.74, 6) is 0.428. The molecule has 1 saturated heterocycles. The van der Waals surface area contributed by atoms with Gasteiger partial charge in [0, 0.05) is 25.3 Å². The van der Waals surface area contributed by atoms with Crippen LogP contribution in [0.3, 0.4) is 0 Å². The molecule has 1 N–H and O–H groups in total. The maximum Gasteiger partial charge on any atom is 0.295 e. The summed E-state index contributed by atoms with van der Waals surface area (Å²) in [6.07, 6.45) is 10.5. The van der Waals surface area contributed by atoms with Crippen LogP contribution in [0.4, 0.5) is 5.82 Å². The lowest BCUT2D eigenvalue weighted by atomic mass is 9.96. The first kappa shape index (κ1) is 22.6. The normalized spacial score (nSPS) is 19.6. The molecule has 7 nitrogen and oxygen atoms in total. The Balaban J connectivity index is 1.40. The number of pyridine rings is 1. The maximum atomic E-state index is 13.6. The van der Waals surface area contributed by atoms with Crippen LogP contribution < -0.4 is 15.8 Å². The third-order valence-electron chi connectivity index (χ3n) is 7.16. The van der Waals surface area contributed by atoms with Crippen molar-refractivity contribution in [1.82, 2.24) is 19.9 Å². The number of aromatic nitrogens is 3. The third-order valence-corrected chi connectivity index (χ3v) is 7.16. The Hall–Kier alpha value is -3.22. The number of benzene rings is 1. The molecule has 178 valence electrons. The number of hydrogen-bond acceptors (Lipinski definition) is 5. The average Bonchev–Trinajstić information content (AvgIpc) is 3.15. The Morgan fingerprint density at radius 2 is 1.76 bits per heavy atom. The molecule has 2 aliphatic rings. The number of nitrogens with one attached hydrogen (secondary N) is 1. The number of carbonyl (C=O) groups excluding carboxylic acids is 1.